The Morgan fingerprint density at radius 1 is 0.875 bits per heavy atom. The molecule has 0 spiro atoms. The van der Waals surface area contributed by atoms with Crippen LogP contribution in [-0.2, 0) is 9.31 Å². The molecule has 1 aromatic heterocycles. The fourth-order valence-corrected chi connectivity index (χ4v) is 2.77. The van der Waals surface area contributed by atoms with Crippen molar-refractivity contribution in [2.45, 2.75) is 38.9 Å². The van der Waals surface area contributed by atoms with Crippen molar-refractivity contribution < 1.29 is 13.7 Å². The molecule has 0 N–H and O–H groups in total. The lowest BCUT2D eigenvalue weighted by Gasteiger charge is -2.32. The van der Waals surface area contributed by atoms with Crippen LogP contribution < -0.4 is 5.46 Å². The summed E-state index contributed by atoms with van der Waals surface area (Å²) in [5.41, 5.74) is 2.77. The van der Waals surface area contributed by atoms with Crippen LogP contribution in [-0.4, -0.2) is 23.3 Å². The molecule has 0 radical (unpaired) electrons. The van der Waals surface area contributed by atoms with Gasteiger partial charge in [0.05, 0.1) is 11.2 Å². The molecular weight excluding hydrogens is 301 g/mol. The van der Waals surface area contributed by atoms with Crippen molar-refractivity contribution in [3.8, 4) is 11.5 Å². The molecule has 1 aliphatic rings. The number of nitrogens with zero attached hydrogens (tertiary/aromatic N) is 1. The molecule has 0 amide bonds. The van der Waals surface area contributed by atoms with Crippen LogP contribution in [0.25, 0.3) is 22.6 Å². The van der Waals surface area contributed by atoms with Gasteiger partial charge in [-0.05, 0) is 57.4 Å². The first-order chi connectivity index (χ1) is 11.4. The fourth-order valence-electron chi connectivity index (χ4n) is 2.77. The molecule has 1 fully saturated rings. The van der Waals surface area contributed by atoms with Crippen molar-refractivity contribution in [3.05, 3.63) is 48.5 Å². The number of hydrogen-bond acceptors (Lipinski definition) is 4. The summed E-state index contributed by atoms with van der Waals surface area (Å²) in [4.78, 5) is 4.61. The summed E-state index contributed by atoms with van der Waals surface area (Å²) in [5.74, 6) is 0.622. The van der Waals surface area contributed by atoms with Gasteiger partial charge >= 0.3 is 7.12 Å². The maximum atomic E-state index is 6.11. The Kier molecular flexibility index (Phi) is 3.34. The molecule has 122 valence electrons. The summed E-state index contributed by atoms with van der Waals surface area (Å²) in [6.07, 6.45) is 0. The predicted octanol–water partition coefficient (Wildman–Crippen LogP) is 3.79. The fraction of sp³-hybridized carbons (Fsp3) is 0.316. The Bertz CT molecular complexity index is 870. The summed E-state index contributed by atoms with van der Waals surface area (Å²) >= 11 is 0. The second-order valence-corrected chi connectivity index (χ2v) is 7.20. The Balaban J connectivity index is 1.70. The van der Waals surface area contributed by atoms with Crippen LogP contribution in [0.15, 0.2) is 52.9 Å². The molecule has 0 unspecified atom stereocenters. The highest BCUT2D eigenvalue weighted by Gasteiger charge is 2.51. The molecule has 1 aliphatic heterocycles. The van der Waals surface area contributed by atoms with Crippen molar-refractivity contribution in [2.75, 3.05) is 0 Å². The number of rotatable bonds is 2. The molecule has 4 rings (SSSR count). The van der Waals surface area contributed by atoms with Gasteiger partial charge in [-0.15, -0.1) is 0 Å². The van der Waals surface area contributed by atoms with E-state index < -0.39 is 7.12 Å². The normalized spacial score (nSPS) is 19.1. The van der Waals surface area contributed by atoms with Gasteiger partial charge in [-0.3, -0.25) is 0 Å². The number of benzene rings is 2. The second kappa shape index (κ2) is 5.20. The predicted molar refractivity (Wildman–Crippen MR) is 95.2 cm³/mol. The molecule has 2 heterocycles. The Morgan fingerprint density at radius 2 is 1.54 bits per heavy atom. The monoisotopic (exact) mass is 321 g/mol. The second-order valence-electron chi connectivity index (χ2n) is 7.20. The van der Waals surface area contributed by atoms with Crippen molar-refractivity contribution >= 4 is 23.7 Å². The lowest BCUT2D eigenvalue weighted by molar-refractivity contribution is 0.00578. The molecule has 5 heteroatoms. The first-order valence-electron chi connectivity index (χ1n) is 8.17. The lowest BCUT2D eigenvalue weighted by Crippen LogP contribution is -2.41. The number of fused-ring (bicyclic) bond motifs is 1. The van der Waals surface area contributed by atoms with Crippen LogP contribution >= 0.6 is 0 Å². The van der Waals surface area contributed by atoms with Crippen molar-refractivity contribution in [3.63, 3.8) is 0 Å². The van der Waals surface area contributed by atoms with Crippen LogP contribution in [0.2, 0.25) is 0 Å². The van der Waals surface area contributed by atoms with Crippen LogP contribution in [0.3, 0.4) is 0 Å². The van der Waals surface area contributed by atoms with E-state index in [4.69, 9.17) is 13.7 Å². The number of aromatic nitrogens is 1. The maximum Gasteiger partial charge on any atom is 0.494 e. The molecule has 0 bridgehead atoms. The van der Waals surface area contributed by atoms with E-state index in [-0.39, 0.29) is 11.2 Å². The summed E-state index contributed by atoms with van der Waals surface area (Å²) in [5, 5.41) is 0. The van der Waals surface area contributed by atoms with Gasteiger partial charge in [0, 0.05) is 5.56 Å². The smallest absolute Gasteiger partial charge is 0.436 e. The van der Waals surface area contributed by atoms with Crippen LogP contribution in [0, 0.1) is 0 Å². The van der Waals surface area contributed by atoms with E-state index in [0.717, 1.165) is 22.1 Å². The minimum absolute atomic E-state index is 0.356. The van der Waals surface area contributed by atoms with E-state index in [9.17, 15) is 0 Å². The standard InChI is InChI=1S/C19H20BNO3/c1-18(2)19(3,4)24-20(23-18)14-10-11-16-15(12-14)21-17(22-16)13-8-6-5-7-9-13/h5-12H,1-4H3. The molecule has 4 nitrogen and oxygen atoms in total. The van der Waals surface area contributed by atoms with Gasteiger partial charge in [-0.1, -0.05) is 24.3 Å². The summed E-state index contributed by atoms with van der Waals surface area (Å²) in [7, 11) is -0.392. The molecule has 0 aliphatic carbocycles. The minimum atomic E-state index is -0.392. The molecule has 1 saturated heterocycles. The molecule has 24 heavy (non-hydrogen) atoms. The lowest BCUT2D eigenvalue weighted by atomic mass is 9.79. The SMILES string of the molecule is CC1(C)OB(c2ccc3oc(-c4ccccc4)nc3c2)OC1(C)C. The van der Waals surface area contributed by atoms with Gasteiger partial charge in [0.2, 0.25) is 5.89 Å². The average Bonchev–Trinajstić information content (AvgIpc) is 3.06. The largest absolute Gasteiger partial charge is 0.494 e. The summed E-state index contributed by atoms with van der Waals surface area (Å²) < 4.78 is 18.1. The summed E-state index contributed by atoms with van der Waals surface area (Å²) in [6, 6.07) is 15.8. The van der Waals surface area contributed by atoms with E-state index in [0.29, 0.717) is 5.89 Å². The molecular formula is C19H20BNO3. The third-order valence-corrected chi connectivity index (χ3v) is 4.96. The van der Waals surface area contributed by atoms with E-state index >= 15 is 0 Å². The molecule has 3 aromatic rings. The summed E-state index contributed by atoms with van der Waals surface area (Å²) in [6.45, 7) is 8.20. The highest BCUT2D eigenvalue weighted by molar-refractivity contribution is 6.62. The van der Waals surface area contributed by atoms with E-state index in [1.807, 2.05) is 48.5 Å². The highest BCUT2D eigenvalue weighted by atomic mass is 16.7. The highest BCUT2D eigenvalue weighted by Crippen LogP contribution is 2.36. The zero-order valence-electron chi connectivity index (χ0n) is 14.4. The van der Waals surface area contributed by atoms with E-state index in [1.165, 1.54) is 0 Å². The topological polar surface area (TPSA) is 44.5 Å². The average molecular weight is 321 g/mol. The van der Waals surface area contributed by atoms with Gasteiger partial charge in [0.15, 0.2) is 5.58 Å². The first kappa shape index (κ1) is 15.4. The van der Waals surface area contributed by atoms with Crippen molar-refractivity contribution in [2.24, 2.45) is 0 Å². The Labute approximate surface area is 141 Å². The molecule has 2 aromatic carbocycles. The quantitative estimate of drug-likeness (QED) is 0.674. The zero-order valence-corrected chi connectivity index (χ0v) is 14.4. The number of oxazole rings is 1. The third-order valence-electron chi connectivity index (χ3n) is 4.96. The van der Waals surface area contributed by atoms with Gasteiger partial charge in [0.1, 0.15) is 5.52 Å². The Morgan fingerprint density at radius 3 is 2.21 bits per heavy atom. The van der Waals surface area contributed by atoms with Gasteiger partial charge in [0.25, 0.3) is 0 Å². The van der Waals surface area contributed by atoms with Crippen LogP contribution in [0.1, 0.15) is 27.7 Å². The first-order valence-corrected chi connectivity index (χ1v) is 8.17. The minimum Gasteiger partial charge on any atom is -0.436 e. The molecule has 0 atom stereocenters. The number of hydrogen-bond donors (Lipinski definition) is 0. The van der Waals surface area contributed by atoms with Gasteiger partial charge < -0.3 is 13.7 Å². The van der Waals surface area contributed by atoms with Crippen molar-refractivity contribution in [1.29, 1.82) is 0 Å². The third kappa shape index (κ3) is 2.45. The van der Waals surface area contributed by atoms with Gasteiger partial charge in [-0.2, -0.15) is 0 Å². The zero-order chi connectivity index (χ0) is 16.9. The molecule has 0 saturated carbocycles. The van der Waals surface area contributed by atoms with Gasteiger partial charge in [-0.25, -0.2) is 4.98 Å². The van der Waals surface area contributed by atoms with E-state index in [2.05, 4.69) is 32.7 Å². The van der Waals surface area contributed by atoms with Crippen molar-refractivity contribution in [1.82, 2.24) is 4.98 Å². The maximum absolute atomic E-state index is 6.11. The Hall–Kier alpha value is -2.11. The van der Waals surface area contributed by atoms with Crippen LogP contribution in [0.4, 0.5) is 0 Å². The van der Waals surface area contributed by atoms with E-state index in [1.54, 1.807) is 0 Å². The van der Waals surface area contributed by atoms with Crippen LogP contribution in [0.5, 0.6) is 0 Å².